The fourth-order valence-corrected chi connectivity index (χ4v) is 3.50. The van der Waals surface area contributed by atoms with Gasteiger partial charge in [0.15, 0.2) is 0 Å². The minimum absolute atomic E-state index is 0.0617. The fraction of sp³-hybridized carbons (Fsp3) is 0.444. The van der Waals surface area contributed by atoms with E-state index in [1.807, 2.05) is 13.1 Å². The normalized spacial score (nSPS) is 16.7. The number of hydrogen-bond donors (Lipinski definition) is 2. The summed E-state index contributed by atoms with van der Waals surface area (Å²) in [6.45, 7) is 2.65. The molecule has 2 aromatic rings. The predicted molar refractivity (Wildman–Crippen MR) is 91.9 cm³/mol. The molecule has 0 bridgehead atoms. The van der Waals surface area contributed by atoms with Crippen molar-refractivity contribution in [2.24, 2.45) is 0 Å². The number of fused-ring (bicyclic) bond motifs is 1. The van der Waals surface area contributed by atoms with Gasteiger partial charge in [0.1, 0.15) is 0 Å². The average molecular weight is 312 g/mol. The van der Waals surface area contributed by atoms with Crippen molar-refractivity contribution >= 4 is 11.7 Å². The van der Waals surface area contributed by atoms with Crippen LogP contribution in [-0.2, 0) is 12.8 Å². The molecule has 0 aliphatic heterocycles. The minimum atomic E-state index is -0.0617. The molecule has 1 aromatic carbocycles. The third-order valence-corrected chi connectivity index (χ3v) is 4.68. The number of hydrogen-bond acceptors (Lipinski definition) is 2. The SMILES string of the molecule is CCN(C(=O)NC)c1ccc2c(c1)C(Cc1cnc[nH]1)CCC2. The zero-order valence-corrected chi connectivity index (χ0v) is 13.8. The van der Waals surface area contributed by atoms with E-state index in [9.17, 15) is 4.79 Å². The zero-order valence-electron chi connectivity index (χ0n) is 13.8. The molecule has 23 heavy (non-hydrogen) atoms. The maximum absolute atomic E-state index is 12.1. The van der Waals surface area contributed by atoms with E-state index in [4.69, 9.17) is 0 Å². The van der Waals surface area contributed by atoms with E-state index in [0.717, 1.165) is 18.5 Å². The number of anilines is 1. The molecule has 0 radical (unpaired) electrons. The van der Waals surface area contributed by atoms with Gasteiger partial charge in [-0.2, -0.15) is 0 Å². The largest absolute Gasteiger partial charge is 0.348 e. The number of carbonyl (C=O) groups is 1. The number of rotatable bonds is 4. The van der Waals surface area contributed by atoms with Gasteiger partial charge in [-0.15, -0.1) is 0 Å². The number of nitrogens with one attached hydrogen (secondary N) is 2. The van der Waals surface area contributed by atoms with Crippen molar-refractivity contribution in [3.8, 4) is 0 Å². The highest BCUT2D eigenvalue weighted by molar-refractivity contribution is 5.91. The standard InChI is InChI=1S/C18H24N4O/c1-3-22(18(23)19-2)16-8-7-13-5-4-6-14(17(13)10-16)9-15-11-20-12-21-15/h7-8,10-12,14H,3-6,9H2,1-2H3,(H,19,23)(H,20,21). The van der Waals surface area contributed by atoms with Gasteiger partial charge in [0, 0.05) is 31.2 Å². The van der Waals surface area contributed by atoms with Crippen LogP contribution in [0, 0.1) is 0 Å². The molecule has 0 fully saturated rings. The molecule has 1 atom stereocenters. The number of amides is 2. The lowest BCUT2D eigenvalue weighted by Gasteiger charge is -2.28. The van der Waals surface area contributed by atoms with Crippen LogP contribution in [0.3, 0.4) is 0 Å². The molecule has 0 spiro atoms. The lowest BCUT2D eigenvalue weighted by atomic mass is 9.80. The van der Waals surface area contributed by atoms with Crippen LogP contribution in [0.4, 0.5) is 10.5 Å². The van der Waals surface area contributed by atoms with Crippen LogP contribution in [0.5, 0.6) is 0 Å². The minimum Gasteiger partial charge on any atom is -0.348 e. The van der Waals surface area contributed by atoms with Gasteiger partial charge in [0.25, 0.3) is 0 Å². The third kappa shape index (κ3) is 3.23. The van der Waals surface area contributed by atoms with Crippen LogP contribution in [0.1, 0.15) is 42.5 Å². The molecule has 3 rings (SSSR count). The summed E-state index contributed by atoms with van der Waals surface area (Å²) in [7, 11) is 1.67. The van der Waals surface area contributed by atoms with Gasteiger partial charge in [-0.3, -0.25) is 4.90 Å². The predicted octanol–water partition coefficient (Wildman–Crippen LogP) is 3.24. The average Bonchev–Trinajstić information content (AvgIpc) is 3.09. The van der Waals surface area contributed by atoms with Gasteiger partial charge >= 0.3 is 6.03 Å². The molecule has 5 nitrogen and oxygen atoms in total. The van der Waals surface area contributed by atoms with Crippen molar-refractivity contribution < 1.29 is 4.79 Å². The molecule has 0 saturated heterocycles. The smallest absolute Gasteiger partial charge is 0.321 e. The van der Waals surface area contributed by atoms with E-state index in [-0.39, 0.29) is 6.03 Å². The van der Waals surface area contributed by atoms with Crippen LogP contribution >= 0.6 is 0 Å². The molecule has 5 heteroatoms. The second kappa shape index (κ2) is 6.86. The summed E-state index contributed by atoms with van der Waals surface area (Å²) >= 11 is 0. The van der Waals surface area contributed by atoms with E-state index in [1.54, 1.807) is 18.3 Å². The lowest BCUT2D eigenvalue weighted by Crippen LogP contribution is -2.38. The molecular formula is C18H24N4O. The third-order valence-electron chi connectivity index (χ3n) is 4.68. The first-order valence-corrected chi connectivity index (χ1v) is 8.32. The topological polar surface area (TPSA) is 61.0 Å². The highest BCUT2D eigenvalue weighted by atomic mass is 16.2. The van der Waals surface area contributed by atoms with Crippen LogP contribution in [0.25, 0.3) is 0 Å². The van der Waals surface area contributed by atoms with Crippen LogP contribution in [-0.4, -0.2) is 29.6 Å². The van der Waals surface area contributed by atoms with Crippen molar-refractivity contribution in [2.75, 3.05) is 18.5 Å². The molecular weight excluding hydrogens is 288 g/mol. The first-order valence-electron chi connectivity index (χ1n) is 8.32. The monoisotopic (exact) mass is 312 g/mol. The van der Waals surface area contributed by atoms with E-state index < -0.39 is 0 Å². The Morgan fingerprint density at radius 3 is 3.04 bits per heavy atom. The molecule has 0 saturated carbocycles. The summed E-state index contributed by atoms with van der Waals surface area (Å²) in [5.41, 5.74) is 4.94. The van der Waals surface area contributed by atoms with Crippen molar-refractivity contribution in [3.05, 3.63) is 47.5 Å². The first kappa shape index (κ1) is 15.6. The number of aromatic amines is 1. The summed E-state index contributed by atoms with van der Waals surface area (Å²) in [5, 5.41) is 2.72. The molecule has 1 aliphatic rings. The van der Waals surface area contributed by atoms with E-state index >= 15 is 0 Å². The summed E-state index contributed by atoms with van der Waals surface area (Å²) in [6, 6.07) is 6.40. The summed E-state index contributed by atoms with van der Waals surface area (Å²) in [6.07, 6.45) is 8.14. The van der Waals surface area contributed by atoms with Crippen LogP contribution in [0.2, 0.25) is 0 Å². The van der Waals surface area contributed by atoms with Crippen molar-refractivity contribution in [1.82, 2.24) is 15.3 Å². The van der Waals surface area contributed by atoms with E-state index in [0.29, 0.717) is 12.5 Å². The second-order valence-electron chi connectivity index (χ2n) is 6.05. The number of nitrogens with zero attached hydrogens (tertiary/aromatic N) is 2. The number of aryl methyl sites for hydroxylation is 1. The second-order valence-corrected chi connectivity index (χ2v) is 6.05. The summed E-state index contributed by atoms with van der Waals surface area (Å²) < 4.78 is 0. The van der Waals surface area contributed by atoms with Gasteiger partial charge in [-0.25, -0.2) is 9.78 Å². The van der Waals surface area contributed by atoms with E-state index in [2.05, 4.69) is 33.5 Å². The Labute approximate surface area is 137 Å². The van der Waals surface area contributed by atoms with Gasteiger partial charge < -0.3 is 10.3 Å². The highest BCUT2D eigenvalue weighted by Gasteiger charge is 2.23. The summed E-state index contributed by atoms with van der Waals surface area (Å²) in [4.78, 5) is 21.2. The molecule has 1 heterocycles. The van der Waals surface area contributed by atoms with Gasteiger partial charge in [-0.1, -0.05) is 6.07 Å². The Bertz CT molecular complexity index is 666. The Morgan fingerprint density at radius 2 is 2.35 bits per heavy atom. The lowest BCUT2D eigenvalue weighted by molar-refractivity contribution is 0.248. The maximum atomic E-state index is 12.1. The molecule has 1 unspecified atom stereocenters. The van der Waals surface area contributed by atoms with Gasteiger partial charge in [0.2, 0.25) is 0 Å². The zero-order chi connectivity index (χ0) is 16.2. The molecule has 122 valence electrons. The quantitative estimate of drug-likeness (QED) is 0.910. The summed E-state index contributed by atoms with van der Waals surface area (Å²) in [5.74, 6) is 0.488. The Hall–Kier alpha value is -2.30. The van der Waals surface area contributed by atoms with E-state index in [1.165, 1.54) is 29.7 Å². The number of carbonyl (C=O) groups excluding carboxylic acids is 1. The molecule has 1 aromatic heterocycles. The van der Waals surface area contributed by atoms with Crippen LogP contribution in [0.15, 0.2) is 30.7 Å². The Morgan fingerprint density at radius 1 is 1.48 bits per heavy atom. The molecule has 1 aliphatic carbocycles. The van der Waals surface area contributed by atoms with Crippen molar-refractivity contribution in [1.29, 1.82) is 0 Å². The number of urea groups is 1. The Kier molecular flexibility index (Phi) is 4.65. The number of aromatic nitrogens is 2. The first-order chi connectivity index (χ1) is 11.2. The van der Waals surface area contributed by atoms with Gasteiger partial charge in [0.05, 0.1) is 6.33 Å². The number of imidazole rings is 1. The molecule has 2 N–H and O–H groups in total. The number of benzene rings is 1. The Balaban J connectivity index is 1.91. The maximum Gasteiger partial charge on any atom is 0.321 e. The van der Waals surface area contributed by atoms with Crippen molar-refractivity contribution in [3.63, 3.8) is 0 Å². The highest BCUT2D eigenvalue weighted by Crippen LogP contribution is 2.36. The molecule has 2 amide bonds. The van der Waals surface area contributed by atoms with Crippen LogP contribution < -0.4 is 10.2 Å². The van der Waals surface area contributed by atoms with Gasteiger partial charge in [-0.05, 0) is 61.8 Å². The fourth-order valence-electron chi connectivity index (χ4n) is 3.50. The number of H-pyrrole nitrogens is 1. The van der Waals surface area contributed by atoms with Crippen molar-refractivity contribution in [2.45, 2.75) is 38.5 Å².